The first-order valence-electron chi connectivity index (χ1n) is 7.99. The molecule has 0 atom stereocenters. The van der Waals surface area contributed by atoms with Crippen molar-refractivity contribution in [2.45, 2.75) is 51.5 Å². The third-order valence-electron chi connectivity index (χ3n) is 5.06. The van der Waals surface area contributed by atoms with Crippen LogP contribution in [0.2, 0.25) is 0 Å². The lowest BCUT2D eigenvalue weighted by Crippen LogP contribution is -2.35. The van der Waals surface area contributed by atoms with Gasteiger partial charge in [0.1, 0.15) is 0 Å². The van der Waals surface area contributed by atoms with Crippen molar-refractivity contribution in [3.05, 3.63) is 17.7 Å². The molecule has 4 nitrogen and oxygen atoms in total. The van der Waals surface area contributed by atoms with Crippen molar-refractivity contribution in [1.82, 2.24) is 0 Å². The van der Waals surface area contributed by atoms with Gasteiger partial charge in [0, 0.05) is 25.2 Å². The molecule has 3 N–H and O–H groups in total. The minimum atomic E-state index is 0.104. The molecule has 1 fully saturated rings. The summed E-state index contributed by atoms with van der Waals surface area (Å²) >= 11 is 0. The number of carbonyl (C=O) groups is 1. The maximum Gasteiger partial charge on any atom is 0.224 e. The van der Waals surface area contributed by atoms with E-state index in [-0.39, 0.29) is 5.91 Å². The number of fused-ring (bicyclic) bond motifs is 1. The molecule has 114 valence electrons. The number of rotatable bonds is 2. The summed E-state index contributed by atoms with van der Waals surface area (Å²) in [6, 6.07) is 4.65. The number of hydrogen-bond donors (Lipinski definition) is 2. The molecule has 0 bridgehead atoms. The van der Waals surface area contributed by atoms with Gasteiger partial charge >= 0.3 is 0 Å². The smallest absolute Gasteiger partial charge is 0.224 e. The molecule has 0 saturated heterocycles. The summed E-state index contributed by atoms with van der Waals surface area (Å²) in [5, 5.41) is 2.97. The highest BCUT2D eigenvalue weighted by Crippen LogP contribution is 2.36. The van der Waals surface area contributed by atoms with Crippen LogP contribution in [0.4, 0.5) is 17.1 Å². The SMILES string of the molecule is CC1CCC(N(C)c2cc3c(cc2N)CCC(=O)N3)CC1. The first kappa shape index (κ1) is 14.2. The van der Waals surface area contributed by atoms with Gasteiger partial charge in [-0.2, -0.15) is 0 Å². The molecule has 1 heterocycles. The van der Waals surface area contributed by atoms with Crippen LogP contribution in [0.3, 0.4) is 0 Å². The number of carbonyl (C=O) groups excluding carboxylic acids is 1. The van der Waals surface area contributed by atoms with Crippen molar-refractivity contribution in [3.8, 4) is 0 Å². The highest BCUT2D eigenvalue weighted by molar-refractivity contribution is 5.95. The lowest BCUT2D eigenvalue weighted by Gasteiger charge is -2.36. The van der Waals surface area contributed by atoms with Crippen LogP contribution in [0.15, 0.2) is 12.1 Å². The maximum atomic E-state index is 11.6. The molecule has 21 heavy (non-hydrogen) atoms. The van der Waals surface area contributed by atoms with Gasteiger partial charge in [0.25, 0.3) is 0 Å². The Kier molecular flexibility index (Phi) is 3.79. The van der Waals surface area contributed by atoms with Crippen LogP contribution >= 0.6 is 0 Å². The summed E-state index contributed by atoms with van der Waals surface area (Å²) in [7, 11) is 2.13. The Labute approximate surface area is 126 Å². The molecule has 0 aromatic heterocycles. The molecule has 0 spiro atoms. The predicted molar refractivity (Wildman–Crippen MR) is 87.6 cm³/mol. The van der Waals surface area contributed by atoms with Gasteiger partial charge in [-0.1, -0.05) is 6.92 Å². The number of hydrogen-bond acceptors (Lipinski definition) is 3. The summed E-state index contributed by atoms with van der Waals surface area (Å²) in [4.78, 5) is 13.9. The Morgan fingerprint density at radius 1 is 1.19 bits per heavy atom. The monoisotopic (exact) mass is 287 g/mol. The van der Waals surface area contributed by atoms with Gasteiger partial charge < -0.3 is 16.0 Å². The molecule has 1 saturated carbocycles. The zero-order chi connectivity index (χ0) is 15.0. The third-order valence-corrected chi connectivity index (χ3v) is 5.06. The van der Waals surface area contributed by atoms with Crippen LogP contribution in [0.25, 0.3) is 0 Å². The number of aryl methyl sites for hydroxylation is 1. The number of nitrogen functional groups attached to an aromatic ring is 1. The van der Waals surface area contributed by atoms with E-state index in [4.69, 9.17) is 5.73 Å². The fraction of sp³-hybridized carbons (Fsp3) is 0.588. The van der Waals surface area contributed by atoms with E-state index in [1.54, 1.807) is 0 Å². The first-order chi connectivity index (χ1) is 10.0. The molecule has 1 amide bonds. The van der Waals surface area contributed by atoms with E-state index in [2.05, 4.69) is 30.3 Å². The zero-order valence-corrected chi connectivity index (χ0v) is 13.0. The molecule has 1 aromatic rings. The predicted octanol–water partition coefficient (Wildman–Crippen LogP) is 3.17. The molecule has 2 aliphatic rings. The van der Waals surface area contributed by atoms with Crippen LogP contribution < -0.4 is 16.0 Å². The highest BCUT2D eigenvalue weighted by atomic mass is 16.1. The Balaban J connectivity index is 1.84. The highest BCUT2D eigenvalue weighted by Gasteiger charge is 2.24. The number of nitrogens with two attached hydrogens (primary N) is 1. The summed E-state index contributed by atoms with van der Waals surface area (Å²) in [5.41, 5.74) is 10.2. The van der Waals surface area contributed by atoms with Crippen molar-refractivity contribution in [3.63, 3.8) is 0 Å². The van der Waals surface area contributed by atoms with Gasteiger partial charge in [0.05, 0.1) is 11.4 Å². The van der Waals surface area contributed by atoms with Gasteiger partial charge in [-0.05, 0) is 55.7 Å². The lowest BCUT2D eigenvalue weighted by molar-refractivity contribution is -0.116. The van der Waals surface area contributed by atoms with Crippen LogP contribution in [0.5, 0.6) is 0 Å². The molecule has 4 heteroatoms. The summed E-state index contributed by atoms with van der Waals surface area (Å²) in [5.74, 6) is 0.946. The molecular weight excluding hydrogens is 262 g/mol. The molecule has 3 rings (SSSR count). The fourth-order valence-corrected chi connectivity index (χ4v) is 3.57. The quantitative estimate of drug-likeness (QED) is 0.821. The van der Waals surface area contributed by atoms with E-state index >= 15 is 0 Å². The summed E-state index contributed by atoms with van der Waals surface area (Å²) in [6.07, 6.45) is 6.37. The molecule has 0 radical (unpaired) electrons. The second-order valence-electron chi connectivity index (χ2n) is 6.64. The van der Waals surface area contributed by atoms with Gasteiger partial charge in [0.2, 0.25) is 5.91 Å². The minimum Gasteiger partial charge on any atom is -0.397 e. The van der Waals surface area contributed by atoms with Gasteiger partial charge in [-0.3, -0.25) is 4.79 Å². The first-order valence-corrected chi connectivity index (χ1v) is 7.99. The van der Waals surface area contributed by atoms with E-state index in [0.29, 0.717) is 12.5 Å². The number of anilines is 3. The van der Waals surface area contributed by atoms with E-state index < -0.39 is 0 Å². The van der Waals surface area contributed by atoms with E-state index in [1.807, 2.05) is 6.07 Å². The fourth-order valence-electron chi connectivity index (χ4n) is 3.57. The molecule has 0 unspecified atom stereocenters. The van der Waals surface area contributed by atoms with E-state index in [0.717, 1.165) is 35.0 Å². The Bertz CT molecular complexity index is 547. The minimum absolute atomic E-state index is 0.104. The van der Waals surface area contributed by atoms with Crippen LogP contribution in [-0.2, 0) is 11.2 Å². The van der Waals surface area contributed by atoms with Gasteiger partial charge in [-0.25, -0.2) is 0 Å². The maximum absolute atomic E-state index is 11.6. The van der Waals surface area contributed by atoms with Crippen molar-refractivity contribution >= 4 is 23.0 Å². The topological polar surface area (TPSA) is 58.4 Å². The number of amides is 1. The number of nitrogens with one attached hydrogen (secondary N) is 1. The Hall–Kier alpha value is -1.71. The van der Waals surface area contributed by atoms with Crippen LogP contribution in [0, 0.1) is 5.92 Å². The molecule has 1 aromatic carbocycles. The van der Waals surface area contributed by atoms with E-state index in [1.165, 1.54) is 25.7 Å². The average Bonchev–Trinajstić information content (AvgIpc) is 2.47. The Morgan fingerprint density at radius 2 is 1.90 bits per heavy atom. The number of benzene rings is 1. The zero-order valence-electron chi connectivity index (χ0n) is 13.0. The normalized spacial score (nSPS) is 25.1. The van der Waals surface area contributed by atoms with Crippen molar-refractivity contribution in [2.24, 2.45) is 5.92 Å². The second-order valence-corrected chi connectivity index (χ2v) is 6.64. The van der Waals surface area contributed by atoms with Crippen molar-refractivity contribution < 1.29 is 4.79 Å². The van der Waals surface area contributed by atoms with Gasteiger partial charge in [0.15, 0.2) is 0 Å². The number of nitrogens with zero attached hydrogens (tertiary/aromatic N) is 1. The largest absolute Gasteiger partial charge is 0.397 e. The molecule has 1 aliphatic carbocycles. The standard InChI is InChI=1S/C17H25N3O/c1-11-3-6-13(7-4-11)20(2)16-10-15-12(9-14(16)18)5-8-17(21)19-15/h9-11,13H,3-8,18H2,1-2H3,(H,19,21). The van der Waals surface area contributed by atoms with Crippen molar-refractivity contribution in [1.29, 1.82) is 0 Å². The van der Waals surface area contributed by atoms with E-state index in [9.17, 15) is 4.79 Å². The molecule has 1 aliphatic heterocycles. The molecular formula is C17H25N3O. The average molecular weight is 287 g/mol. The van der Waals surface area contributed by atoms with Crippen molar-refractivity contribution in [2.75, 3.05) is 23.0 Å². The van der Waals surface area contributed by atoms with Crippen LogP contribution in [0.1, 0.15) is 44.6 Å². The third kappa shape index (κ3) is 2.85. The Morgan fingerprint density at radius 3 is 2.62 bits per heavy atom. The summed E-state index contributed by atoms with van der Waals surface area (Å²) < 4.78 is 0. The van der Waals surface area contributed by atoms with Crippen LogP contribution in [-0.4, -0.2) is 19.0 Å². The van der Waals surface area contributed by atoms with Gasteiger partial charge in [-0.15, -0.1) is 0 Å². The summed E-state index contributed by atoms with van der Waals surface area (Å²) in [6.45, 7) is 2.33. The second kappa shape index (κ2) is 5.58. The lowest BCUT2D eigenvalue weighted by atomic mass is 9.86.